The maximum absolute atomic E-state index is 10.8. The molecule has 30 heavy (non-hydrogen) atoms. The van der Waals surface area contributed by atoms with Crippen LogP contribution in [-0.2, 0) is 4.84 Å². The van der Waals surface area contributed by atoms with Crippen molar-refractivity contribution in [3.8, 4) is 0 Å². The minimum atomic E-state index is -0.229. The first-order valence-corrected chi connectivity index (χ1v) is 12.3. The van der Waals surface area contributed by atoms with Crippen molar-refractivity contribution in [2.45, 2.75) is 84.8 Å². The van der Waals surface area contributed by atoms with Gasteiger partial charge in [-0.25, -0.2) is 0 Å². The molecule has 4 rings (SSSR count). The van der Waals surface area contributed by atoms with E-state index in [1.54, 1.807) is 0 Å². The van der Waals surface area contributed by atoms with Gasteiger partial charge in [-0.1, -0.05) is 38.4 Å². The van der Waals surface area contributed by atoms with E-state index in [1.165, 1.54) is 5.57 Å². The highest BCUT2D eigenvalue weighted by Gasteiger charge is 2.60. The lowest BCUT2D eigenvalue weighted by atomic mass is 9.47. The molecule has 0 radical (unpaired) electrons. The van der Waals surface area contributed by atoms with Gasteiger partial charge in [0.15, 0.2) is 0 Å². The molecule has 3 fully saturated rings. The van der Waals surface area contributed by atoms with Crippen LogP contribution in [0.2, 0.25) is 0 Å². The second kappa shape index (κ2) is 8.55. The van der Waals surface area contributed by atoms with Gasteiger partial charge in [-0.2, -0.15) is 0 Å². The Bertz CT molecular complexity index is 688. The van der Waals surface area contributed by atoms with Gasteiger partial charge in [0.05, 0.1) is 17.9 Å². The lowest BCUT2D eigenvalue weighted by Crippen LogP contribution is -2.54. The molecule has 0 heterocycles. The van der Waals surface area contributed by atoms with Crippen LogP contribution in [0.3, 0.4) is 0 Å². The van der Waals surface area contributed by atoms with Crippen molar-refractivity contribution >= 4 is 5.71 Å². The van der Waals surface area contributed by atoms with Gasteiger partial charge in [0.1, 0.15) is 6.61 Å². The van der Waals surface area contributed by atoms with Crippen LogP contribution in [0, 0.1) is 28.6 Å². The largest absolute Gasteiger partial charge is 0.394 e. The summed E-state index contributed by atoms with van der Waals surface area (Å²) in [4.78, 5) is 8.23. The summed E-state index contributed by atoms with van der Waals surface area (Å²) in [6.45, 7) is 12.6. The number of likely N-dealkylation sites (N-methyl/N-ethyl adjacent to an activating group) is 1. The highest BCUT2D eigenvalue weighted by molar-refractivity contribution is 5.99. The summed E-state index contributed by atoms with van der Waals surface area (Å²) >= 11 is 0. The Hall–Kier alpha value is -0.910. The summed E-state index contributed by atoms with van der Waals surface area (Å²) in [7, 11) is 0. The molecule has 0 aromatic heterocycles. The lowest BCUT2D eigenvalue weighted by molar-refractivity contribution is -0.0495. The van der Waals surface area contributed by atoms with Gasteiger partial charge in [0, 0.05) is 12.5 Å². The molecule has 5 heteroatoms. The first kappa shape index (κ1) is 22.3. The smallest absolute Gasteiger partial charge is 0.129 e. The van der Waals surface area contributed by atoms with Crippen molar-refractivity contribution in [2.75, 3.05) is 26.2 Å². The van der Waals surface area contributed by atoms with Gasteiger partial charge in [-0.15, -0.1) is 0 Å². The fraction of sp³-hybridized carbons (Fsp3) is 0.880. The average molecular weight is 419 g/mol. The molecule has 0 aromatic rings. The molecule has 5 nitrogen and oxygen atoms in total. The van der Waals surface area contributed by atoms with Crippen molar-refractivity contribution < 1.29 is 15.1 Å². The van der Waals surface area contributed by atoms with Crippen LogP contribution >= 0.6 is 0 Å². The maximum Gasteiger partial charge on any atom is 0.129 e. The Labute approximate surface area is 182 Å². The molecule has 0 aliphatic heterocycles. The summed E-state index contributed by atoms with van der Waals surface area (Å²) in [6.07, 6.45) is 8.80. The molecule has 0 spiro atoms. The molecular formula is C25H42N2O3. The second-order valence-corrected chi connectivity index (χ2v) is 10.7. The molecular weight excluding hydrogens is 376 g/mol. The van der Waals surface area contributed by atoms with Crippen LogP contribution in [0.25, 0.3) is 0 Å². The number of allylic oxidation sites excluding steroid dienone is 1. The predicted molar refractivity (Wildman–Crippen MR) is 120 cm³/mol. The van der Waals surface area contributed by atoms with Gasteiger partial charge < -0.3 is 20.0 Å². The monoisotopic (exact) mass is 418 g/mol. The van der Waals surface area contributed by atoms with Crippen molar-refractivity contribution in [3.63, 3.8) is 0 Å². The van der Waals surface area contributed by atoms with E-state index in [-0.39, 0.29) is 23.0 Å². The van der Waals surface area contributed by atoms with Crippen LogP contribution in [0.4, 0.5) is 0 Å². The van der Waals surface area contributed by atoms with E-state index in [2.05, 4.69) is 38.7 Å². The van der Waals surface area contributed by atoms with Crippen molar-refractivity contribution in [1.82, 2.24) is 4.90 Å². The third-order valence-electron chi connectivity index (χ3n) is 9.45. The highest BCUT2D eigenvalue weighted by Crippen LogP contribution is 2.64. The van der Waals surface area contributed by atoms with E-state index < -0.39 is 0 Å². The van der Waals surface area contributed by atoms with Gasteiger partial charge >= 0.3 is 0 Å². The summed E-state index contributed by atoms with van der Waals surface area (Å²) < 4.78 is 0. The quantitative estimate of drug-likeness (QED) is 0.506. The number of hydrogen-bond donors (Lipinski definition) is 2. The third kappa shape index (κ3) is 3.65. The molecule has 2 N–H and O–H groups in total. The Balaban J connectivity index is 1.63. The first-order chi connectivity index (χ1) is 14.3. The number of nitrogens with zero attached hydrogens (tertiary/aromatic N) is 2. The number of aliphatic hydroxyl groups is 2. The highest BCUT2D eigenvalue weighted by atomic mass is 16.6. The second-order valence-electron chi connectivity index (χ2n) is 10.7. The van der Waals surface area contributed by atoms with Crippen LogP contribution in [0.5, 0.6) is 0 Å². The Kier molecular flexibility index (Phi) is 6.36. The Morgan fingerprint density at radius 1 is 1.07 bits per heavy atom. The molecule has 0 amide bonds. The number of aliphatic hydroxyl groups excluding tert-OH is 2. The first-order valence-electron chi connectivity index (χ1n) is 12.3. The molecule has 3 saturated carbocycles. The van der Waals surface area contributed by atoms with Crippen LogP contribution < -0.4 is 0 Å². The molecule has 0 saturated heterocycles. The van der Waals surface area contributed by atoms with E-state index in [4.69, 9.17) is 9.99 Å². The van der Waals surface area contributed by atoms with Crippen LogP contribution in [0.1, 0.15) is 72.6 Å². The SMILES string of the molecule is CCN(CC)CCO/N=C1\C=C2C[C@@H](O)CC[C@]2(C)[C@H]2CC[C@]3(C)[C@@H](O)CC[C@H]3[C@H]12. The summed E-state index contributed by atoms with van der Waals surface area (Å²) in [5.74, 6) is 1.37. The van der Waals surface area contributed by atoms with Gasteiger partial charge in [-0.05, 0) is 86.8 Å². The van der Waals surface area contributed by atoms with E-state index in [9.17, 15) is 10.2 Å². The van der Waals surface area contributed by atoms with E-state index >= 15 is 0 Å². The van der Waals surface area contributed by atoms with Crippen LogP contribution in [-0.4, -0.2) is 59.3 Å². The standard InChI is InChI=1S/C25H42N2O3/c1-5-27(6-2)13-14-30-26-21-16-17-15-18(28)9-11-24(17,3)20-10-12-25(4)19(23(20)21)7-8-22(25)29/h16,18-20,22-23,28-29H,5-15H2,1-4H3/b26-21+/t18-,19-,20-,22-,23-,24-,25-/m0/s1. The molecule has 4 aliphatic rings. The number of fused-ring (bicyclic) bond motifs is 5. The zero-order valence-electron chi connectivity index (χ0n) is 19.4. The zero-order valence-corrected chi connectivity index (χ0v) is 19.4. The number of hydrogen-bond acceptors (Lipinski definition) is 5. The van der Waals surface area contributed by atoms with E-state index in [1.807, 2.05) is 0 Å². The fourth-order valence-electron chi connectivity index (χ4n) is 7.29. The minimum Gasteiger partial charge on any atom is -0.394 e. The van der Waals surface area contributed by atoms with Crippen molar-refractivity contribution in [3.05, 3.63) is 11.6 Å². The van der Waals surface area contributed by atoms with E-state index in [0.29, 0.717) is 24.4 Å². The van der Waals surface area contributed by atoms with Gasteiger partial charge in [0.2, 0.25) is 0 Å². The predicted octanol–water partition coefficient (Wildman–Crippen LogP) is 4.00. The van der Waals surface area contributed by atoms with Gasteiger partial charge in [-0.3, -0.25) is 0 Å². The summed E-state index contributed by atoms with van der Waals surface area (Å²) in [5, 5.41) is 25.9. The molecule has 0 unspecified atom stereocenters. The Morgan fingerprint density at radius 2 is 1.83 bits per heavy atom. The topological polar surface area (TPSA) is 65.3 Å². The van der Waals surface area contributed by atoms with Crippen molar-refractivity contribution in [1.29, 1.82) is 0 Å². The fourth-order valence-corrected chi connectivity index (χ4v) is 7.29. The Morgan fingerprint density at radius 3 is 2.57 bits per heavy atom. The normalized spacial score (nSPS) is 44.4. The number of oxime groups is 1. The minimum absolute atomic E-state index is 0.000951. The molecule has 4 aliphatic carbocycles. The van der Waals surface area contributed by atoms with Gasteiger partial charge in [0.25, 0.3) is 0 Å². The number of rotatable bonds is 6. The summed E-state index contributed by atoms with van der Waals surface area (Å²) in [5.41, 5.74) is 2.60. The molecule has 0 bridgehead atoms. The average Bonchev–Trinajstić information content (AvgIpc) is 3.03. The zero-order chi connectivity index (χ0) is 21.5. The molecule has 7 atom stereocenters. The molecule has 0 aromatic carbocycles. The lowest BCUT2D eigenvalue weighted by Gasteiger charge is -2.57. The summed E-state index contributed by atoms with van der Waals surface area (Å²) in [6, 6.07) is 0. The van der Waals surface area contributed by atoms with E-state index in [0.717, 1.165) is 70.3 Å². The molecule has 170 valence electrons. The maximum atomic E-state index is 10.8. The van der Waals surface area contributed by atoms with Crippen molar-refractivity contribution in [2.24, 2.45) is 33.7 Å². The third-order valence-corrected chi connectivity index (χ3v) is 9.45. The van der Waals surface area contributed by atoms with Crippen LogP contribution in [0.15, 0.2) is 16.8 Å².